The van der Waals surface area contributed by atoms with Gasteiger partial charge in [-0.15, -0.1) is 0 Å². The van der Waals surface area contributed by atoms with Gasteiger partial charge in [0.2, 0.25) is 0 Å². The highest BCUT2D eigenvalue weighted by atomic mass is 16.4. The Morgan fingerprint density at radius 3 is 2.81 bits per heavy atom. The van der Waals surface area contributed by atoms with E-state index < -0.39 is 5.97 Å². The Bertz CT molecular complexity index is 514. The monoisotopic (exact) mass is 287 g/mol. The second-order valence-electron chi connectivity index (χ2n) is 6.61. The molecule has 0 aromatic heterocycles. The second-order valence-corrected chi connectivity index (χ2v) is 6.61. The minimum absolute atomic E-state index is 0.155. The molecule has 1 fully saturated rings. The number of piperidine rings is 1. The Morgan fingerprint density at radius 1 is 1.24 bits per heavy atom. The van der Waals surface area contributed by atoms with Crippen molar-refractivity contribution in [2.45, 2.75) is 57.5 Å². The third-order valence-corrected chi connectivity index (χ3v) is 5.26. The number of hydrogen-bond donors (Lipinski definition) is 1. The Hall–Kier alpha value is -1.35. The molecule has 1 aliphatic carbocycles. The zero-order valence-electron chi connectivity index (χ0n) is 12.8. The summed E-state index contributed by atoms with van der Waals surface area (Å²) in [5.41, 5.74) is 2.98. The summed E-state index contributed by atoms with van der Waals surface area (Å²) in [6.45, 7) is 3.11. The molecular weight excluding hydrogens is 262 g/mol. The maximum atomic E-state index is 11.2. The molecule has 1 N–H and O–H groups in total. The first kappa shape index (κ1) is 14.6. The lowest BCUT2D eigenvalue weighted by Crippen LogP contribution is -2.44. The van der Waals surface area contributed by atoms with Crippen molar-refractivity contribution in [2.75, 3.05) is 6.54 Å². The van der Waals surface area contributed by atoms with Crippen LogP contribution in [0.3, 0.4) is 0 Å². The maximum Gasteiger partial charge on any atom is 0.306 e. The Kier molecular flexibility index (Phi) is 4.29. The van der Waals surface area contributed by atoms with E-state index in [1.807, 2.05) is 0 Å². The van der Waals surface area contributed by atoms with E-state index in [2.05, 4.69) is 36.1 Å². The Balaban J connectivity index is 1.82. The Morgan fingerprint density at radius 2 is 2.05 bits per heavy atom. The molecule has 0 bridgehead atoms. The van der Waals surface area contributed by atoms with E-state index in [1.54, 1.807) is 0 Å². The average molecular weight is 287 g/mol. The smallest absolute Gasteiger partial charge is 0.306 e. The molecule has 21 heavy (non-hydrogen) atoms. The molecule has 1 aromatic rings. The summed E-state index contributed by atoms with van der Waals surface area (Å²) in [6.07, 6.45) is 6.51. The molecular formula is C18H25NO2. The molecule has 114 valence electrons. The van der Waals surface area contributed by atoms with Crippen molar-refractivity contribution >= 4 is 5.97 Å². The quantitative estimate of drug-likeness (QED) is 0.844. The minimum atomic E-state index is -0.622. The average Bonchev–Trinajstić information content (AvgIpc) is 2.69. The van der Waals surface area contributed by atoms with E-state index in [9.17, 15) is 9.90 Å². The molecule has 1 aromatic carbocycles. The van der Waals surface area contributed by atoms with Crippen LogP contribution in [0.1, 0.15) is 56.2 Å². The largest absolute Gasteiger partial charge is 0.481 e. The number of fused-ring (bicyclic) bond motifs is 1. The number of carbonyl (C=O) groups is 1. The van der Waals surface area contributed by atoms with Gasteiger partial charge in [-0.1, -0.05) is 30.7 Å². The van der Waals surface area contributed by atoms with E-state index in [4.69, 9.17) is 0 Å². The molecule has 3 heteroatoms. The predicted molar refractivity (Wildman–Crippen MR) is 83.3 cm³/mol. The fourth-order valence-corrected chi connectivity index (χ4v) is 4.12. The van der Waals surface area contributed by atoms with Crippen LogP contribution >= 0.6 is 0 Å². The summed E-state index contributed by atoms with van der Waals surface area (Å²) in [6, 6.07) is 9.67. The lowest BCUT2D eigenvalue weighted by atomic mass is 9.88. The van der Waals surface area contributed by atoms with Crippen LogP contribution in [0.5, 0.6) is 0 Å². The van der Waals surface area contributed by atoms with Crippen LogP contribution in [0.2, 0.25) is 0 Å². The molecule has 3 atom stereocenters. The van der Waals surface area contributed by atoms with E-state index in [0.29, 0.717) is 12.1 Å². The van der Waals surface area contributed by atoms with Crippen molar-refractivity contribution in [2.24, 2.45) is 5.92 Å². The number of nitrogens with zero attached hydrogens (tertiary/aromatic N) is 1. The van der Waals surface area contributed by atoms with Crippen LogP contribution in [0, 0.1) is 5.92 Å². The van der Waals surface area contributed by atoms with Crippen LogP contribution in [0.15, 0.2) is 24.3 Å². The lowest BCUT2D eigenvalue weighted by Gasteiger charge is -2.42. The molecule has 1 saturated heterocycles. The third kappa shape index (κ3) is 2.98. The van der Waals surface area contributed by atoms with Crippen LogP contribution in [-0.2, 0) is 11.2 Å². The molecule has 0 amide bonds. The number of carboxylic acid groups (broad SMARTS) is 1. The Labute approximate surface area is 127 Å². The van der Waals surface area contributed by atoms with Crippen LogP contribution < -0.4 is 0 Å². The van der Waals surface area contributed by atoms with Gasteiger partial charge in [-0.05, 0) is 56.7 Å². The summed E-state index contributed by atoms with van der Waals surface area (Å²) in [7, 11) is 0. The first-order valence-corrected chi connectivity index (χ1v) is 8.23. The van der Waals surface area contributed by atoms with E-state index in [-0.39, 0.29) is 5.92 Å². The molecule has 0 spiro atoms. The number of hydrogen-bond acceptors (Lipinski definition) is 2. The molecule has 3 unspecified atom stereocenters. The van der Waals surface area contributed by atoms with Gasteiger partial charge in [0.15, 0.2) is 0 Å². The number of aliphatic carboxylic acids is 1. The summed E-state index contributed by atoms with van der Waals surface area (Å²) >= 11 is 0. The van der Waals surface area contributed by atoms with Crippen LogP contribution in [0.25, 0.3) is 0 Å². The highest BCUT2D eigenvalue weighted by molar-refractivity contribution is 5.70. The maximum absolute atomic E-state index is 11.2. The number of rotatable bonds is 2. The molecule has 0 saturated carbocycles. The van der Waals surface area contributed by atoms with Crippen LogP contribution in [0.4, 0.5) is 0 Å². The highest BCUT2D eigenvalue weighted by Crippen LogP contribution is 2.37. The first-order chi connectivity index (χ1) is 10.2. The topological polar surface area (TPSA) is 40.5 Å². The van der Waals surface area contributed by atoms with Gasteiger partial charge in [0.25, 0.3) is 0 Å². The molecule has 3 rings (SSSR count). The van der Waals surface area contributed by atoms with Gasteiger partial charge < -0.3 is 5.11 Å². The lowest BCUT2D eigenvalue weighted by molar-refractivity contribution is -0.144. The molecule has 1 aliphatic heterocycles. The fourth-order valence-electron chi connectivity index (χ4n) is 4.12. The molecule has 0 radical (unpaired) electrons. The molecule has 3 nitrogen and oxygen atoms in total. The predicted octanol–water partition coefficient (Wildman–Crippen LogP) is 3.64. The molecule has 2 aliphatic rings. The second kappa shape index (κ2) is 6.18. The zero-order valence-corrected chi connectivity index (χ0v) is 12.8. The number of benzene rings is 1. The number of aryl methyl sites for hydroxylation is 1. The van der Waals surface area contributed by atoms with Gasteiger partial charge in [-0.2, -0.15) is 0 Å². The van der Waals surface area contributed by atoms with Gasteiger partial charge in [-0.3, -0.25) is 9.69 Å². The van der Waals surface area contributed by atoms with Crippen molar-refractivity contribution in [1.82, 2.24) is 4.90 Å². The van der Waals surface area contributed by atoms with Crippen LogP contribution in [-0.4, -0.2) is 28.6 Å². The third-order valence-electron chi connectivity index (χ3n) is 5.26. The van der Waals surface area contributed by atoms with Gasteiger partial charge in [-0.25, -0.2) is 0 Å². The van der Waals surface area contributed by atoms with Crippen molar-refractivity contribution in [1.29, 1.82) is 0 Å². The minimum Gasteiger partial charge on any atom is -0.481 e. The number of carboxylic acids is 1. The van der Waals surface area contributed by atoms with E-state index in [0.717, 1.165) is 19.4 Å². The van der Waals surface area contributed by atoms with Crippen molar-refractivity contribution in [3.63, 3.8) is 0 Å². The van der Waals surface area contributed by atoms with Gasteiger partial charge in [0.05, 0.1) is 5.92 Å². The summed E-state index contributed by atoms with van der Waals surface area (Å²) in [4.78, 5) is 13.8. The van der Waals surface area contributed by atoms with E-state index in [1.165, 1.54) is 36.8 Å². The van der Waals surface area contributed by atoms with Gasteiger partial charge in [0.1, 0.15) is 0 Å². The van der Waals surface area contributed by atoms with Gasteiger partial charge >= 0.3 is 5.97 Å². The van der Waals surface area contributed by atoms with Crippen molar-refractivity contribution in [3.8, 4) is 0 Å². The summed E-state index contributed by atoms with van der Waals surface area (Å²) < 4.78 is 0. The first-order valence-electron chi connectivity index (χ1n) is 8.23. The molecule has 1 heterocycles. The SMILES string of the molecule is CC1CC(C(=O)O)CCN1C1CCCCc2ccccc21. The number of likely N-dealkylation sites (tertiary alicyclic amines) is 1. The normalized spacial score (nSPS) is 30.4. The van der Waals surface area contributed by atoms with E-state index >= 15 is 0 Å². The highest BCUT2D eigenvalue weighted by Gasteiger charge is 2.34. The van der Waals surface area contributed by atoms with Gasteiger partial charge in [0, 0.05) is 12.1 Å². The zero-order chi connectivity index (χ0) is 14.8. The summed E-state index contributed by atoms with van der Waals surface area (Å²) in [5.74, 6) is -0.778. The standard InChI is InChI=1S/C18H25NO2/c1-13-12-15(18(20)21)10-11-19(13)17-9-5-3-7-14-6-2-4-8-16(14)17/h2,4,6,8,13,15,17H,3,5,7,9-12H2,1H3,(H,20,21). The van der Waals surface area contributed by atoms with Crippen molar-refractivity contribution in [3.05, 3.63) is 35.4 Å². The summed E-state index contributed by atoms with van der Waals surface area (Å²) in [5, 5.41) is 9.24. The van der Waals surface area contributed by atoms with Crippen molar-refractivity contribution < 1.29 is 9.90 Å². The fraction of sp³-hybridized carbons (Fsp3) is 0.611.